The first-order valence-electron chi connectivity index (χ1n) is 4.20. The second-order valence-electron chi connectivity index (χ2n) is 3.55. The van der Waals surface area contributed by atoms with Crippen LogP contribution in [0.4, 0.5) is 0 Å². The highest BCUT2D eigenvalue weighted by Gasteiger charge is 2.40. The quantitative estimate of drug-likeness (QED) is 0.578. The topological polar surface area (TPSA) is 20.3 Å². The van der Waals surface area contributed by atoms with Crippen molar-refractivity contribution in [3.8, 4) is 0 Å². The molecule has 11 heavy (non-hydrogen) atoms. The number of carbonyl (C=O) groups is 1. The fourth-order valence-electron chi connectivity index (χ4n) is 2.06. The van der Waals surface area contributed by atoms with Gasteiger partial charge in [-0.2, -0.15) is 12.6 Å². The average Bonchev–Trinajstić information content (AvgIpc) is 2.27. The van der Waals surface area contributed by atoms with Gasteiger partial charge in [-0.1, -0.05) is 0 Å². The van der Waals surface area contributed by atoms with E-state index in [1.54, 1.807) is 0 Å². The van der Waals surface area contributed by atoms with E-state index in [0.29, 0.717) is 5.75 Å². The van der Waals surface area contributed by atoms with Gasteiger partial charge in [0.15, 0.2) is 0 Å². The SMILES string of the molecule is O=C(CS)N1CC2CCC2C1. The molecule has 1 saturated carbocycles. The fourth-order valence-corrected chi connectivity index (χ4v) is 2.26. The first-order valence-corrected chi connectivity index (χ1v) is 4.83. The van der Waals surface area contributed by atoms with Crippen molar-refractivity contribution in [1.29, 1.82) is 0 Å². The Labute approximate surface area is 72.4 Å². The standard InChI is InChI=1S/C8H13NOS/c10-8(5-11)9-3-6-1-2-7(6)4-9/h6-7,11H,1-5H2. The van der Waals surface area contributed by atoms with Crippen LogP contribution in [0.25, 0.3) is 0 Å². The van der Waals surface area contributed by atoms with E-state index in [-0.39, 0.29) is 5.91 Å². The molecule has 0 radical (unpaired) electrons. The van der Waals surface area contributed by atoms with Crippen molar-refractivity contribution >= 4 is 18.5 Å². The predicted molar refractivity (Wildman–Crippen MR) is 46.6 cm³/mol. The summed E-state index contributed by atoms with van der Waals surface area (Å²) in [6.45, 7) is 2.01. The van der Waals surface area contributed by atoms with Crippen LogP contribution in [-0.2, 0) is 4.79 Å². The maximum atomic E-state index is 11.2. The van der Waals surface area contributed by atoms with E-state index in [2.05, 4.69) is 12.6 Å². The van der Waals surface area contributed by atoms with Crippen molar-refractivity contribution in [2.45, 2.75) is 12.8 Å². The highest BCUT2D eigenvalue weighted by atomic mass is 32.1. The van der Waals surface area contributed by atoms with Gasteiger partial charge in [-0.05, 0) is 24.7 Å². The smallest absolute Gasteiger partial charge is 0.232 e. The van der Waals surface area contributed by atoms with Crippen LogP contribution in [0.1, 0.15) is 12.8 Å². The van der Waals surface area contributed by atoms with Crippen LogP contribution in [0.3, 0.4) is 0 Å². The van der Waals surface area contributed by atoms with Gasteiger partial charge < -0.3 is 4.90 Å². The van der Waals surface area contributed by atoms with Crippen LogP contribution in [0, 0.1) is 11.8 Å². The second kappa shape index (κ2) is 2.70. The number of fused-ring (bicyclic) bond motifs is 1. The Bertz CT molecular complexity index is 171. The van der Waals surface area contributed by atoms with Gasteiger partial charge in [0.25, 0.3) is 0 Å². The Morgan fingerprint density at radius 2 is 1.91 bits per heavy atom. The summed E-state index contributed by atoms with van der Waals surface area (Å²) >= 11 is 3.98. The van der Waals surface area contributed by atoms with Crippen LogP contribution in [-0.4, -0.2) is 29.6 Å². The summed E-state index contributed by atoms with van der Waals surface area (Å²) in [6.07, 6.45) is 2.67. The number of thiol groups is 1. The predicted octanol–water partition coefficient (Wildman–Crippen LogP) is 0.785. The molecule has 0 aromatic rings. The third kappa shape index (κ3) is 1.15. The summed E-state index contributed by atoms with van der Waals surface area (Å²) < 4.78 is 0. The molecule has 1 aliphatic heterocycles. The first-order chi connectivity index (χ1) is 5.31. The van der Waals surface area contributed by atoms with Gasteiger partial charge in [0.05, 0.1) is 5.75 Å². The molecule has 3 heteroatoms. The van der Waals surface area contributed by atoms with E-state index in [9.17, 15) is 4.79 Å². The van der Waals surface area contributed by atoms with E-state index >= 15 is 0 Å². The van der Waals surface area contributed by atoms with E-state index in [1.807, 2.05) is 4.90 Å². The molecule has 1 heterocycles. The van der Waals surface area contributed by atoms with Gasteiger partial charge in [-0.3, -0.25) is 4.79 Å². The second-order valence-corrected chi connectivity index (χ2v) is 3.87. The highest BCUT2D eigenvalue weighted by molar-refractivity contribution is 7.81. The number of likely N-dealkylation sites (tertiary alicyclic amines) is 1. The maximum absolute atomic E-state index is 11.2. The largest absolute Gasteiger partial charge is 0.341 e. The third-order valence-electron chi connectivity index (χ3n) is 2.97. The molecule has 0 aromatic heterocycles. The monoisotopic (exact) mass is 171 g/mol. The van der Waals surface area contributed by atoms with E-state index < -0.39 is 0 Å². The number of rotatable bonds is 1. The Morgan fingerprint density at radius 1 is 1.36 bits per heavy atom. The Balaban J connectivity index is 1.93. The van der Waals surface area contributed by atoms with Crippen LogP contribution >= 0.6 is 12.6 Å². The molecule has 0 bridgehead atoms. The molecule has 0 aromatic carbocycles. The molecule has 1 amide bonds. The lowest BCUT2D eigenvalue weighted by Gasteiger charge is -2.27. The van der Waals surface area contributed by atoms with Gasteiger partial charge in [-0.25, -0.2) is 0 Å². The van der Waals surface area contributed by atoms with Crippen molar-refractivity contribution in [2.24, 2.45) is 11.8 Å². The lowest BCUT2D eigenvalue weighted by atomic mass is 9.77. The summed E-state index contributed by atoms with van der Waals surface area (Å²) in [7, 11) is 0. The summed E-state index contributed by atoms with van der Waals surface area (Å²) in [4.78, 5) is 13.2. The van der Waals surface area contributed by atoms with E-state index in [1.165, 1.54) is 12.8 Å². The van der Waals surface area contributed by atoms with Gasteiger partial charge in [0.2, 0.25) is 5.91 Å². The zero-order valence-electron chi connectivity index (χ0n) is 6.49. The molecule has 2 nitrogen and oxygen atoms in total. The molecule has 2 aliphatic rings. The summed E-state index contributed by atoms with van der Waals surface area (Å²) in [6, 6.07) is 0. The van der Waals surface area contributed by atoms with Crippen molar-refractivity contribution in [2.75, 3.05) is 18.8 Å². The summed E-state index contributed by atoms with van der Waals surface area (Å²) in [5.41, 5.74) is 0. The van der Waals surface area contributed by atoms with Crippen LogP contribution in [0.5, 0.6) is 0 Å². The number of amides is 1. The molecule has 2 unspecified atom stereocenters. The molecule has 62 valence electrons. The van der Waals surface area contributed by atoms with E-state index in [4.69, 9.17) is 0 Å². The maximum Gasteiger partial charge on any atom is 0.232 e. The minimum absolute atomic E-state index is 0.211. The van der Waals surface area contributed by atoms with E-state index in [0.717, 1.165) is 24.9 Å². The molecule has 1 aliphatic carbocycles. The Kier molecular flexibility index (Phi) is 1.83. The molecular weight excluding hydrogens is 158 g/mol. The average molecular weight is 171 g/mol. The lowest BCUT2D eigenvalue weighted by molar-refractivity contribution is -0.127. The van der Waals surface area contributed by atoms with Gasteiger partial charge in [-0.15, -0.1) is 0 Å². The molecule has 2 rings (SSSR count). The van der Waals surface area contributed by atoms with Gasteiger partial charge >= 0.3 is 0 Å². The third-order valence-corrected chi connectivity index (χ3v) is 3.24. The number of nitrogens with zero attached hydrogens (tertiary/aromatic N) is 1. The van der Waals surface area contributed by atoms with Crippen LogP contribution in [0.2, 0.25) is 0 Å². The van der Waals surface area contributed by atoms with Crippen molar-refractivity contribution in [3.63, 3.8) is 0 Å². The first kappa shape index (κ1) is 7.47. The fraction of sp³-hybridized carbons (Fsp3) is 0.875. The zero-order chi connectivity index (χ0) is 7.84. The number of hydrogen-bond donors (Lipinski definition) is 1. The Hall–Kier alpha value is -0.180. The number of carbonyl (C=O) groups excluding carboxylic acids is 1. The minimum atomic E-state index is 0.211. The van der Waals surface area contributed by atoms with Gasteiger partial charge in [0, 0.05) is 13.1 Å². The number of hydrogen-bond acceptors (Lipinski definition) is 2. The van der Waals surface area contributed by atoms with Crippen molar-refractivity contribution in [3.05, 3.63) is 0 Å². The van der Waals surface area contributed by atoms with Crippen molar-refractivity contribution < 1.29 is 4.79 Å². The Morgan fingerprint density at radius 3 is 2.27 bits per heavy atom. The molecule has 2 fully saturated rings. The normalized spacial score (nSPS) is 34.8. The minimum Gasteiger partial charge on any atom is -0.341 e. The molecule has 0 spiro atoms. The summed E-state index contributed by atoms with van der Waals surface area (Å²) in [5, 5.41) is 0. The van der Waals surface area contributed by atoms with Crippen LogP contribution < -0.4 is 0 Å². The molecule has 0 N–H and O–H groups in total. The highest BCUT2D eigenvalue weighted by Crippen LogP contribution is 2.40. The van der Waals surface area contributed by atoms with Gasteiger partial charge in [0.1, 0.15) is 0 Å². The van der Waals surface area contributed by atoms with Crippen LogP contribution in [0.15, 0.2) is 0 Å². The van der Waals surface area contributed by atoms with Crippen molar-refractivity contribution in [1.82, 2.24) is 4.90 Å². The molecule has 1 saturated heterocycles. The molecular formula is C8H13NOS. The summed E-state index contributed by atoms with van der Waals surface area (Å²) in [5.74, 6) is 2.25. The molecule has 2 atom stereocenters. The zero-order valence-corrected chi connectivity index (χ0v) is 7.39. The lowest BCUT2D eigenvalue weighted by Crippen LogP contribution is -2.29.